The molecule has 0 saturated carbocycles. The summed E-state index contributed by atoms with van der Waals surface area (Å²) in [5.41, 5.74) is 0.526. The fraction of sp³-hybridized carbons (Fsp3) is 0.158. The number of ether oxygens (including phenoxy) is 2. The SMILES string of the molecule is O=c1c(-c2ccc(OC(F)F)cc2)c2nc(OCC(F)F)ccc2nn1-c1cn[nH]c1. The predicted molar refractivity (Wildman–Crippen MR) is 101 cm³/mol. The number of aromatic amines is 1. The third kappa shape index (κ3) is 4.32. The molecule has 160 valence electrons. The first-order valence-corrected chi connectivity index (χ1v) is 8.82. The molecule has 0 unspecified atom stereocenters. The lowest BCUT2D eigenvalue weighted by Gasteiger charge is -2.12. The highest BCUT2D eigenvalue weighted by molar-refractivity contribution is 5.91. The van der Waals surface area contributed by atoms with Gasteiger partial charge in [-0.2, -0.15) is 23.7 Å². The minimum absolute atomic E-state index is 0.0669. The molecule has 0 radical (unpaired) electrons. The minimum atomic E-state index is -3.00. The Morgan fingerprint density at radius 1 is 1.06 bits per heavy atom. The first kappa shape index (κ1) is 20.3. The molecule has 0 atom stereocenters. The van der Waals surface area contributed by atoms with Gasteiger partial charge in [0.25, 0.3) is 12.0 Å². The van der Waals surface area contributed by atoms with Crippen LogP contribution in [0.25, 0.3) is 27.8 Å². The lowest BCUT2D eigenvalue weighted by molar-refractivity contribution is -0.0498. The number of hydrogen-bond acceptors (Lipinski definition) is 6. The number of fused-ring (bicyclic) bond motifs is 1. The number of rotatable bonds is 7. The Labute approximate surface area is 171 Å². The first-order valence-electron chi connectivity index (χ1n) is 8.82. The number of benzene rings is 1. The number of H-pyrrole nitrogens is 1. The van der Waals surface area contributed by atoms with Crippen LogP contribution < -0.4 is 15.0 Å². The number of hydrogen-bond donors (Lipinski definition) is 1. The Kier molecular flexibility index (Phi) is 5.52. The lowest BCUT2D eigenvalue weighted by Crippen LogP contribution is -2.23. The summed E-state index contributed by atoms with van der Waals surface area (Å²) in [6, 6.07) is 8.17. The Morgan fingerprint density at radius 3 is 2.48 bits per heavy atom. The van der Waals surface area contributed by atoms with Crippen LogP contribution >= 0.6 is 0 Å². The van der Waals surface area contributed by atoms with Crippen LogP contribution in [0, 0.1) is 0 Å². The molecule has 0 fully saturated rings. The lowest BCUT2D eigenvalue weighted by atomic mass is 10.1. The summed E-state index contributed by atoms with van der Waals surface area (Å²) in [5.74, 6) is -0.213. The maximum Gasteiger partial charge on any atom is 0.387 e. The van der Waals surface area contributed by atoms with Crippen LogP contribution in [0.1, 0.15) is 0 Å². The predicted octanol–water partition coefficient (Wildman–Crippen LogP) is 3.42. The van der Waals surface area contributed by atoms with Crippen LogP contribution in [0.4, 0.5) is 17.6 Å². The Morgan fingerprint density at radius 2 is 1.84 bits per heavy atom. The van der Waals surface area contributed by atoms with E-state index in [9.17, 15) is 22.4 Å². The summed E-state index contributed by atoms with van der Waals surface area (Å²) in [6.07, 6.45) is 0.139. The molecule has 0 amide bonds. The summed E-state index contributed by atoms with van der Waals surface area (Å²) < 4.78 is 60.2. The molecule has 0 bridgehead atoms. The Balaban J connectivity index is 1.89. The topological polar surface area (TPSA) is 94.9 Å². The van der Waals surface area contributed by atoms with Gasteiger partial charge in [-0.15, -0.1) is 0 Å². The van der Waals surface area contributed by atoms with E-state index in [-0.39, 0.29) is 28.2 Å². The van der Waals surface area contributed by atoms with Gasteiger partial charge >= 0.3 is 6.61 Å². The van der Waals surface area contributed by atoms with Crippen molar-refractivity contribution < 1.29 is 27.0 Å². The van der Waals surface area contributed by atoms with Crippen molar-refractivity contribution >= 4 is 11.0 Å². The molecule has 0 spiro atoms. The number of halogens is 4. The molecular formula is C19H13F4N5O3. The second kappa shape index (κ2) is 8.42. The highest BCUT2D eigenvalue weighted by Gasteiger charge is 2.18. The van der Waals surface area contributed by atoms with Gasteiger partial charge in [0.1, 0.15) is 22.5 Å². The van der Waals surface area contributed by atoms with Crippen LogP contribution in [0.2, 0.25) is 0 Å². The quantitative estimate of drug-likeness (QED) is 0.447. The smallest absolute Gasteiger partial charge is 0.387 e. The van der Waals surface area contributed by atoms with Crippen LogP contribution in [0.15, 0.2) is 53.6 Å². The van der Waals surface area contributed by atoms with Crippen molar-refractivity contribution in [3.63, 3.8) is 0 Å². The molecule has 4 aromatic rings. The third-order valence-corrected chi connectivity index (χ3v) is 4.15. The zero-order chi connectivity index (χ0) is 22.0. The van der Waals surface area contributed by atoms with E-state index in [1.54, 1.807) is 0 Å². The van der Waals surface area contributed by atoms with Crippen molar-refractivity contribution in [2.45, 2.75) is 13.0 Å². The van der Waals surface area contributed by atoms with E-state index in [2.05, 4.69) is 25.0 Å². The van der Waals surface area contributed by atoms with Gasteiger partial charge in [-0.3, -0.25) is 9.89 Å². The largest absolute Gasteiger partial charge is 0.472 e. The average molecular weight is 435 g/mol. The number of nitrogens with zero attached hydrogens (tertiary/aromatic N) is 4. The molecule has 4 rings (SSSR count). The second-order valence-corrected chi connectivity index (χ2v) is 6.17. The Hall–Kier alpha value is -3.96. The maximum absolute atomic E-state index is 13.2. The van der Waals surface area contributed by atoms with E-state index in [1.165, 1.54) is 48.8 Å². The van der Waals surface area contributed by atoms with Crippen LogP contribution in [-0.4, -0.2) is 44.6 Å². The van der Waals surface area contributed by atoms with Gasteiger partial charge in [0.2, 0.25) is 5.88 Å². The van der Waals surface area contributed by atoms with E-state index in [1.807, 2.05) is 0 Å². The molecule has 3 heterocycles. The minimum Gasteiger partial charge on any atom is -0.472 e. The fourth-order valence-corrected chi connectivity index (χ4v) is 2.89. The maximum atomic E-state index is 13.2. The highest BCUT2D eigenvalue weighted by Crippen LogP contribution is 2.27. The third-order valence-electron chi connectivity index (χ3n) is 4.15. The molecule has 0 aliphatic rings. The molecule has 31 heavy (non-hydrogen) atoms. The standard InChI is InChI=1S/C19H13F4N5O3/c20-14(21)9-30-15-6-5-13-17(26-15)16(10-1-3-12(4-2-10)31-19(22)23)18(29)28(27-13)11-7-24-25-8-11/h1-8,14,19H,9H2,(H,24,25). The number of nitrogens with one attached hydrogen (secondary N) is 1. The van der Waals surface area contributed by atoms with Crippen molar-refractivity contribution in [3.05, 3.63) is 59.1 Å². The highest BCUT2D eigenvalue weighted by atomic mass is 19.3. The van der Waals surface area contributed by atoms with E-state index < -0.39 is 25.2 Å². The second-order valence-electron chi connectivity index (χ2n) is 6.17. The monoisotopic (exact) mass is 435 g/mol. The van der Waals surface area contributed by atoms with Gasteiger partial charge < -0.3 is 9.47 Å². The van der Waals surface area contributed by atoms with Crippen molar-refractivity contribution in [1.29, 1.82) is 0 Å². The van der Waals surface area contributed by atoms with E-state index in [0.717, 1.165) is 4.68 Å². The first-order chi connectivity index (χ1) is 14.9. The van der Waals surface area contributed by atoms with Crippen molar-refractivity contribution in [2.24, 2.45) is 0 Å². The summed E-state index contributed by atoms with van der Waals surface area (Å²) >= 11 is 0. The van der Waals surface area contributed by atoms with Gasteiger partial charge in [-0.1, -0.05) is 12.1 Å². The molecule has 12 heteroatoms. The summed E-state index contributed by atoms with van der Waals surface area (Å²) in [6.45, 7) is -3.87. The molecule has 8 nitrogen and oxygen atoms in total. The average Bonchev–Trinajstić information content (AvgIpc) is 3.27. The molecule has 1 N–H and O–H groups in total. The zero-order valence-electron chi connectivity index (χ0n) is 15.5. The van der Waals surface area contributed by atoms with Gasteiger partial charge in [-0.25, -0.2) is 13.8 Å². The van der Waals surface area contributed by atoms with Gasteiger partial charge in [0, 0.05) is 12.3 Å². The molecule has 0 aliphatic carbocycles. The molecule has 0 aliphatic heterocycles. The van der Waals surface area contributed by atoms with Crippen molar-refractivity contribution in [1.82, 2.24) is 25.0 Å². The summed E-state index contributed by atoms with van der Waals surface area (Å²) in [4.78, 5) is 17.4. The normalized spacial score (nSPS) is 11.4. The Bertz CT molecular complexity index is 1240. The molecule has 1 aromatic carbocycles. The van der Waals surface area contributed by atoms with E-state index >= 15 is 0 Å². The van der Waals surface area contributed by atoms with Crippen molar-refractivity contribution in [3.8, 4) is 28.4 Å². The summed E-state index contributed by atoms with van der Waals surface area (Å²) in [5, 5.41) is 10.6. The fourth-order valence-electron chi connectivity index (χ4n) is 2.89. The van der Waals surface area contributed by atoms with E-state index in [0.29, 0.717) is 11.3 Å². The number of alkyl halides is 4. The summed E-state index contributed by atoms with van der Waals surface area (Å²) in [7, 11) is 0. The van der Waals surface area contributed by atoms with Crippen molar-refractivity contribution in [2.75, 3.05) is 6.61 Å². The van der Waals surface area contributed by atoms with Gasteiger partial charge in [-0.05, 0) is 23.8 Å². The van der Waals surface area contributed by atoms with Crippen LogP contribution in [-0.2, 0) is 0 Å². The van der Waals surface area contributed by atoms with Crippen LogP contribution in [0.5, 0.6) is 11.6 Å². The molecule has 3 aromatic heterocycles. The number of aromatic nitrogens is 5. The number of pyridine rings is 1. The van der Waals surface area contributed by atoms with E-state index in [4.69, 9.17) is 4.74 Å². The molecule has 0 saturated heterocycles. The van der Waals surface area contributed by atoms with Gasteiger partial charge in [0.05, 0.1) is 11.8 Å². The van der Waals surface area contributed by atoms with Gasteiger partial charge in [0.15, 0.2) is 6.61 Å². The zero-order valence-corrected chi connectivity index (χ0v) is 15.5. The van der Waals surface area contributed by atoms with Crippen LogP contribution in [0.3, 0.4) is 0 Å². The molecular weight excluding hydrogens is 422 g/mol.